The molecule has 0 aliphatic heterocycles. The summed E-state index contributed by atoms with van der Waals surface area (Å²) in [4.78, 5) is 4.59. The zero-order valence-electron chi connectivity index (χ0n) is 14.2. The number of rotatable bonds is 5. The lowest BCUT2D eigenvalue weighted by atomic mass is 10.1. The summed E-state index contributed by atoms with van der Waals surface area (Å²) in [7, 11) is 0. The number of para-hydroxylation sites is 1. The summed E-state index contributed by atoms with van der Waals surface area (Å²) in [6.45, 7) is 7.20. The minimum absolute atomic E-state index is 0.0796. The lowest BCUT2D eigenvalue weighted by Gasteiger charge is -2.21. The van der Waals surface area contributed by atoms with E-state index in [-0.39, 0.29) is 5.82 Å². The zero-order chi connectivity index (χ0) is 17.5. The molecule has 0 bridgehead atoms. The van der Waals surface area contributed by atoms with Crippen LogP contribution >= 0.6 is 0 Å². The average molecular weight is 329 g/mol. The van der Waals surface area contributed by atoms with E-state index in [2.05, 4.69) is 10.3 Å². The Labute approximate surface area is 140 Å². The zero-order valence-corrected chi connectivity index (χ0v) is 14.2. The summed E-state index contributed by atoms with van der Waals surface area (Å²) in [5, 5.41) is 26.8. The molecule has 0 atom stereocenters. The van der Waals surface area contributed by atoms with Gasteiger partial charge in [-0.25, -0.2) is 9.71 Å². The molecule has 7 nitrogen and oxygen atoms in total. The van der Waals surface area contributed by atoms with Gasteiger partial charge in [-0.05, 0) is 32.5 Å². The van der Waals surface area contributed by atoms with E-state index < -0.39 is 5.60 Å². The van der Waals surface area contributed by atoms with Crippen LogP contribution in [0.2, 0.25) is 0 Å². The minimum Gasteiger partial charge on any atom is -0.710 e. The molecule has 0 radical (unpaired) electrons. The number of fused-ring (bicyclic) bond motifs is 3. The van der Waals surface area contributed by atoms with Gasteiger partial charge in [0.2, 0.25) is 0 Å². The van der Waals surface area contributed by atoms with Crippen molar-refractivity contribution in [3.8, 4) is 0 Å². The van der Waals surface area contributed by atoms with Crippen molar-refractivity contribution >= 4 is 27.8 Å². The quantitative estimate of drug-likeness (QED) is 0.483. The SMILES string of the molecule is CCNCc1nc2c(N)[n+]([O-])c3ccccc3c2n1CC(C)(C)O. The average Bonchev–Trinajstić information content (AvgIpc) is 2.87. The number of nitrogen functional groups attached to an aromatic ring is 1. The smallest absolute Gasteiger partial charge is 0.304 e. The highest BCUT2D eigenvalue weighted by atomic mass is 16.5. The van der Waals surface area contributed by atoms with Crippen molar-refractivity contribution in [2.45, 2.75) is 39.5 Å². The molecule has 0 saturated carbocycles. The molecule has 0 fully saturated rings. The predicted molar refractivity (Wildman–Crippen MR) is 94.3 cm³/mol. The van der Waals surface area contributed by atoms with Crippen LogP contribution < -0.4 is 15.8 Å². The van der Waals surface area contributed by atoms with Crippen molar-refractivity contribution in [1.82, 2.24) is 14.9 Å². The molecule has 2 aromatic heterocycles. The number of anilines is 1. The van der Waals surface area contributed by atoms with Crippen molar-refractivity contribution in [2.24, 2.45) is 0 Å². The maximum Gasteiger partial charge on any atom is 0.304 e. The fourth-order valence-electron chi connectivity index (χ4n) is 2.96. The molecular formula is C17H23N5O2. The summed E-state index contributed by atoms with van der Waals surface area (Å²) in [6, 6.07) is 7.30. The van der Waals surface area contributed by atoms with Crippen molar-refractivity contribution in [3.63, 3.8) is 0 Å². The fraction of sp³-hybridized carbons (Fsp3) is 0.412. The first kappa shape index (κ1) is 16.5. The molecule has 0 spiro atoms. The number of aromatic nitrogens is 3. The Morgan fingerprint density at radius 1 is 1.38 bits per heavy atom. The molecule has 4 N–H and O–H groups in total. The third-order valence-electron chi connectivity index (χ3n) is 3.96. The first-order chi connectivity index (χ1) is 11.3. The second-order valence-corrected chi connectivity index (χ2v) is 6.60. The Morgan fingerprint density at radius 3 is 2.75 bits per heavy atom. The normalized spacial score (nSPS) is 12.3. The van der Waals surface area contributed by atoms with Gasteiger partial charge in [-0.3, -0.25) is 5.73 Å². The molecular weight excluding hydrogens is 306 g/mol. The van der Waals surface area contributed by atoms with Gasteiger partial charge in [0.05, 0.1) is 24.2 Å². The van der Waals surface area contributed by atoms with E-state index in [9.17, 15) is 10.3 Å². The van der Waals surface area contributed by atoms with E-state index in [1.807, 2.05) is 23.6 Å². The highest BCUT2D eigenvalue weighted by Gasteiger charge is 2.24. The van der Waals surface area contributed by atoms with Crippen molar-refractivity contribution < 1.29 is 9.84 Å². The van der Waals surface area contributed by atoms with E-state index >= 15 is 0 Å². The third-order valence-corrected chi connectivity index (χ3v) is 3.96. The Morgan fingerprint density at radius 2 is 2.08 bits per heavy atom. The summed E-state index contributed by atoms with van der Waals surface area (Å²) < 4.78 is 2.67. The minimum atomic E-state index is -0.923. The molecule has 0 aliphatic rings. The van der Waals surface area contributed by atoms with Crippen molar-refractivity contribution in [2.75, 3.05) is 12.3 Å². The number of benzene rings is 1. The molecule has 0 unspecified atom stereocenters. The number of nitrogens with zero attached hydrogens (tertiary/aromatic N) is 3. The van der Waals surface area contributed by atoms with Gasteiger partial charge < -0.3 is 20.2 Å². The number of pyridine rings is 1. The van der Waals surface area contributed by atoms with Crippen LogP contribution in [0.5, 0.6) is 0 Å². The number of aliphatic hydroxyl groups is 1. The summed E-state index contributed by atoms with van der Waals surface area (Å²) in [5.41, 5.74) is 6.88. The lowest BCUT2D eigenvalue weighted by molar-refractivity contribution is -0.559. The van der Waals surface area contributed by atoms with Crippen LogP contribution in [0.15, 0.2) is 24.3 Å². The fourth-order valence-corrected chi connectivity index (χ4v) is 2.96. The Bertz CT molecular complexity index is 895. The molecule has 3 aromatic rings. The topological polar surface area (TPSA) is 103 Å². The van der Waals surface area contributed by atoms with E-state index in [0.29, 0.717) is 24.1 Å². The largest absolute Gasteiger partial charge is 0.710 e. The summed E-state index contributed by atoms with van der Waals surface area (Å²) in [6.07, 6.45) is 0. The van der Waals surface area contributed by atoms with Gasteiger partial charge in [0.15, 0.2) is 5.52 Å². The van der Waals surface area contributed by atoms with Gasteiger partial charge in [-0.15, -0.1) is 0 Å². The van der Waals surface area contributed by atoms with Crippen molar-refractivity contribution in [1.29, 1.82) is 0 Å². The molecule has 3 rings (SSSR count). The van der Waals surface area contributed by atoms with Crippen LogP contribution in [0.3, 0.4) is 0 Å². The molecule has 2 heterocycles. The van der Waals surface area contributed by atoms with E-state index in [1.165, 1.54) is 0 Å². The van der Waals surface area contributed by atoms with Crippen LogP contribution in [-0.4, -0.2) is 26.8 Å². The van der Waals surface area contributed by atoms with E-state index in [0.717, 1.165) is 28.0 Å². The Hall–Kier alpha value is -2.38. The van der Waals surface area contributed by atoms with Crippen LogP contribution in [0, 0.1) is 5.21 Å². The van der Waals surface area contributed by atoms with Gasteiger partial charge in [-0.1, -0.05) is 19.1 Å². The third kappa shape index (κ3) is 2.76. The van der Waals surface area contributed by atoms with Crippen LogP contribution in [0.25, 0.3) is 21.9 Å². The second-order valence-electron chi connectivity index (χ2n) is 6.60. The maximum atomic E-state index is 12.4. The number of hydrogen-bond acceptors (Lipinski definition) is 5. The highest BCUT2D eigenvalue weighted by molar-refractivity contribution is 6.04. The molecule has 1 aromatic carbocycles. The number of hydrogen-bond donors (Lipinski definition) is 3. The van der Waals surface area contributed by atoms with Gasteiger partial charge in [0.25, 0.3) is 0 Å². The Balaban J connectivity index is 2.38. The predicted octanol–water partition coefficient (Wildman–Crippen LogP) is 1.29. The summed E-state index contributed by atoms with van der Waals surface area (Å²) >= 11 is 0. The van der Waals surface area contributed by atoms with Crippen molar-refractivity contribution in [3.05, 3.63) is 35.3 Å². The molecule has 128 valence electrons. The molecule has 7 heteroatoms. The van der Waals surface area contributed by atoms with Gasteiger partial charge >= 0.3 is 5.82 Å². The molecule has 24 heavy (non-hydrogen) atoms. The standard InChI is InChI=1S/C17H23N5O2/c1-4-19-9-13-20-14-15(21(13)10-17(2,3)23)11-7-5-6-8-12(11)22(24)16(14)18/h5-8,19,23H,4,9-10,18H2,1-3H3. The van der Waals surface area contributed by atoms with Gasteiger partial charge in [-0.2, -0.15) is 0 Å². The van der Waals surface area contributed by atoms with E-state index in [1.54, 1.807) is 26.0 Å². The second kappa shape index (κ2) is 5.92. The monoisotopic (exact) mass is 329 g/mol. The van der Waals surface area contributed by atoms with Gasteiger partial charge in [0, 0.05) is 5.39 Å². The molecule has 0 amide bonds. The maximum absolute atomic E-state index is 12.4. The number of nitrogens with two attached hydrogens (primary N) is 1. The van der Waals surface area contributed by atoms with Crippen LogP contribution in [0.1, 0.15) is 26.6 Å². The first-order valence-electron chi connectivity index (χ1n) is 8.05. The number of imidazole rings is 1. The number of nitrogens with one attached hydrogen (secondary N) is 1. The summed E-state index contributed by atoms with van der Waals surface area (Å²) in [5.74, 6) is 0.827. The molecule has 0 saturated heterocycles. The highest BCUT2D eigenvalue weighted by Crippen LogP contribution is 2.28. The Kier molecular flexibility index (Phi) is 4.06. The van der Waals surface area contributed by atoms with E-state index in [4.69, 9.17) is 5.73 Å². The molecule has 0 aliphatic carbocycles. The first-order valence-corrected chi connectivity index (χ1v) is 8.05. The van der Waals surface area contributed by atoms with Crippen LogP contribution in [0.4, 0.5) is 5.82 Å². The van der Waals surface area contributed by atoms with Gasteiger partial charge in [0.1, 0.15) is 11.3 Å². The van der Waals surface area contributed by atoms with Crippen LogP contribution in [-0.2, 0) is 13.1 Å². The lowest BCUT2D eigenvalue weighted by Crippen LogP contribution is -2.32.